The van der Waals surface area contributed by atoms with Gasteiger partial charge in [0, 0.05) is 17.3 Å². The third-order valence-corrected chi connectivity index (χ3v) is 5.04. The second kappa shape index (κ2) is 7.94. The number of para-hydroxylation sites is 1. The molecule has 1 fully saturated rings. The molecule has 0 spiro atoms. The number of rotatable bonds is 6. The molecular formula is C23H22N4O3. The Labute approximate surface area is 174 Å². The molecule has 0 bridgehead atoms. The third kappa shape index (κ3) is 4.00. The number of Topliss-reactive ketones (excluding diaryl/α,β-unsaturated/α-hetero) is 1. The largest absolute Gasteiger partial charge is 0.349 e. The van der Waals surface area contributed by atoms with Crippen LogP contribution in [0.15, 0.2) is 54.6 Å². The zero-order valence-electron chi connectivity index (χ0n) is 16.8. The molecule has 0 unspecified atom stereocenters. The minimum Gasteiger partial charge on any atom is -0.349 e. The average molecular weight is 402 g/mol. The van der Waals surface area contributed by atoms with Gasteiger partial charge in [-0.05, 0) is 63.1 Å². The zero-order valence-corrected chi connectivity index (χ0v) is 16.8. The van der Waals surface area contributed by atoms with Gasteiger partial charge in [-0.15, -0.1) is 0 Å². The fourth-order valence-corrected chi connectivity index (χ4v) is 3.29. The van der Waals surface area contributed by atoms with Gasteiger partial charge in [0.1, 0.15) is 0 Å². The summed E-state index contributed by atoms with van der Waals surface area (Å²) in [6, 6.07) is 16.2. The first kappa shape index (κ1) is 19.6. The lowest BCUT2D eigenvalue weighted by atomic mass is 10.1. The number of nitrogens with zero attached hydrogens (tertiary/aromatic N) is 2. The van der Waals surface area contributed by atoms with Crippen molar-refractivity contribution in [1.82, 2.24) is 15.1 Å². The SMILES string of the molecule is Cc1nn(-c2ccccc2)c(C)c1C(=O)C(=O)Nc1ccc(C(=O)NC2CC2)cc1. The molecule has 3 aromatic rings. The lowest BCUT2D eigenvalue weighted by molar-refractivity contribution is -0.112. The van der Waals surface area contributed by atoms with Crippen LogP contribution in [0, 0.1) is 13.8 Å². The molecule has 30 heavy (non-hydrogen) atoms. The number of aryl methyl sites for hydroxylation is 1. The molecule has 2 N–H and O–H groups in total. The number of carbonyl (C=O) groups excluding carboxylic acids is 3. The van der Waals surface area contributed by atoms with Crippen LogP contribution in [0.3, 0.4) is 0 Å². The fraction of sp³-hybridized carbons (Fsp3) is 0.217. The number of hydrogen-bond donors (Lipinski definition) is 2. The Balaban J connectivity index is 1.48. The van der Waals surface area contributed by atoms with Gasteiger partial charge in [0.25, 0.3) is 17.6 Å². The molecule has 1 heterocycles. The van der Waals surface area contributed by atoms with E-state index in [1.807, 2.05) is 30.3 Å². The summed E-state index contributed by atoms with van der Waals surface area (Å²) < 4.78 is 1.66. The van der Waals surface area contributed by atoms with Crippen LogP contribution < -0.4 is 10.6 Å². The fourth-order valence-electron chi connectivity index (χ4n) is 3.29. The number of hydrogen-bond acceptors (Lipinski definition) is 4. The lowest BCUT2D eigenvalue weighted by Gasteiger charge is -2.07. The van der Waals surface area contributed by atoms with Crippen molar-refractivity contribution in [3.05, 3.63) is 77.1 Å². The predicted molar refractivity (Wildman–Crippen MR) is 113 cm³/mol. The monoisotopic (exact) mass is 402 g/mol. The van der Waals surface area contributed by atoms with Crippen LogP contribution in [0.2, 0.25) is 0 Å². The van der Waals surface area contributed by atoms with E-state index in [1.165, 1.54) is 0 Å². The Kier molecular flexibility index (Phi) is 5.18. The molecule has 0 atom stereocenters. The van der Waals surface area contributed by atoms with Crippen LogP contribution in [-0.4, -0.2) is 33.4 Å². The van der Waals surface area contributed by atoms with E-state index < -0.39 is 11.7 Å². The first-order valence-electron chi connectivity index (χ1n) is 9.82. The van der Waals surface area contributed by atoms with Gasteiger partial charge < -0.3 is 10.6 Å². The summed E-state index contributed by atoms with van der Waals surface area (Å²) in [6.45, 7) is 3.47. The Morgan fingerprint density at radius 2 is 1.63 bits per heavy atom. The van der Waals surface area contributed by atoms with E-state index in [2.05, 4.69) is 15.7 Å². The first-order valence-corrected chi connectivity index (χ1v) is 9.82. The van der Waals surface area contributed by atoms with E-state index in [4.69, 9.17) is 0 Å². The van der Waals surface area contributed by atoms with Crippen LogP contribution in [0.5, 0.6) is 0 Å². The minimum absolute atomic E-state index is 0.133. The highest BCUT2D eigenvalue weighted by Gasteiger charge is 2.26. The van der Waals surface area contributed by atoms with Crippen molar-refractivity contribution in [3.63, 3.8) is 0 Å². The molecule has 1 aliphatic rings. The highest BCUT2D eigenvalue weighted by atomic mass is 16.2. The number of nitrogens with one attached hydrogen (secondary N) is 2. The second-order valence-electron chi connectivity index (χ2n) is 7.40. The van der Waals surface area contributed by atoms with Gasteiger partial charge >= 0.3 is 0 Å². The Hall–Kier alpha value is -3.74. The van der Waals surface area contributed by atoms with Gasteiger partial charge in [-0.2, -0.15) is 5.10 Å². The minimum atomic E-state index is -0.746. The third-order valence-electron chi connectivity index (χ3n) is 5.04. The van der Waals surface area contributed by atoms with Crippen molar-refractivity contribution in [2.75, 3.05) is 5.32 Å². The van der Waals surface area contributed by atoms with Gasteiger partial charge in [-0.3, -0.25) is 14.4 Å². The molecule has 1 saturated carbocycles. The van der Waals surface area contributed by atoms with Crippen molar-refractivity contribution < 1.29 is 14.4 Å². The first-order chi connectivity index (χ1) is 14.4. The molecule has 0 saturated heterocycles. The van der Waals surface area contributed by atoms with Crippen LogP contribution in [0.1, 0.15) is 44.9 Å². The molecule has 2 aromatic carbocycles. The van der Waals surface area contributed by atoms with E-state index in [1.54, 1.807) is 42.8 Å². The Bertz CT molecular complexity index is 1110. The second-order valence-corrected chi connectivity index (χ2v) is 7.40. The summed E-state index contributed by atoms with van der Waals surface area (Å²) in [5, 5.41) is 9.94. The van der Waals surface area contributed by atoms with Gasteiger partial charge in [0.2, 0.25) is 0 Å². The smallest absolute Gasteiger partial charge is 0.296 e. The van der Waals surface area contributed by atoms with Crippen molar-refractivity contribution in [2.45, 2.75) is 32.7 Å². The summed E-state index contributed by atoms with van der Waals surface area (Å²) in [5.74, 6) is -1.53. The van der Waals surface area contributed by atoms with Gasteiger partial charge in [-0.25, -0.2) is 4.68 Å². The van der Waals surface area contributed by atoms with Gasteiger partial charge in [0.05, 0.1) is 22.6 Å². The highest BCUT2D eigenvalue weighted by molar-refractivity contribution is 6.47. The quantitative estimate of drug-likeness (QED) is 0.489. The molecule has 4 rings (SSSR count). The van der Waals surface area contributed by atoms with Crippen LogP contribution in [-0.2, 0) is 4.79 Å². The maximum atomic E-state index is 12.8. The summed E-state index contributed by atoms with van der Waals surface area (Å²) >= 11 is 0. The van der Waals surface area contributed by atoms with E-state index in [0.717, 1.165) is 18.5 Å². The Morgan fingerprint density at radius 1 is 0.967 bits per heavy atom. The van der Waals surface area contributed by atoms with Crippen LogP contribution >= 0.6 is 0 Å². The number of ketones is 1. The topological polar surface area (TPSA) is 93.1 Å². The molecule has 2 amide bonds. The van der Waals surface area contributed by atoms with E-state index in [9.17, 15) is 14.4 Å². The standard InChI is InChI=1S/C23H22N4O3/c1-14-20(15(2)27(26-14)19-6-4-3-5-7-19)21(28)23(30)25-17-10-8-16(9-11-17)22(29)24-18-12-13-18/h3-11,18H,12-13H2,1-2H3,(H,24,29)(H,25,30). The summed E-state index contributed by atoms with van der Waals surface area (Å²) in [5.41, 5.74) is 3.16. The predicted octanol–water partition coefficient (Wildman–Crippen LogP) is 3.20. The van der Waals surface area contributed by atoms with Crippen LogP contribution in [0.4, 0.5) is 5.69 Å². The van der Waals surface area contributed by atoms with Crippen molar-refractivity contribution in [2.24, 2.45) is 0 Å². The maximum Gasteiger partial charge on any atom is 0.296 e. The highest BCUT2D eigenvalue weighted by Crippen LogP contribution is 2.21. The number of benzene rings is 2. The van der Waals surface area contributed by atoms with E-state index in [-0.39, 0.29) is 17.5 Å². The Morgan fingerprint density at radius 3 is 2.27 bits per heavy atom. The number of aromatic nitrogens is 2. The average Bonchev–Trinajstić information content (AvgIpc) is 3.51. The summed E-state index contributed by atoms with van der Waals surface area (Å²) in [7, 11) is 0. The maximum absolute atomic E-state index is 12.8. The molecular weight excluding hydrogens is 380 g/mol. The van der Waals surface area contributed by atoms with Gasteiger partial charge in [0.15, 0.2) is 0 Å². The lowest BCUT2D eigenvalue weighted by Crippen LogP contribution is -2.25. The summed E-state index contributed by atoms with van der Waals surface area (Å²) in [6.07, 6.45) is 2.03. The number of amides is 2. The van der Waals surface area contributed by atoms with Gasteiger partial charge in [-0.1, -0.05) is 18.2 Å². The number of anilines is 1. The number of carbonyl (C=O) groups is 3. The van der Waals surface area contributed by atoms with E-state index in [0.29, 0.717) is 22.6 Å². The molecule has 1 aromatic heterocycles. The zero-order chi connectivity index (χ0) is 21.3. The van der Waals surface area contributed by atoms with E-state index >= 15 is 0 Å². The molecule has 152 valence electrons. The van der Waals surface area contributed by atoms with Crippen LogP contribution in [0.25, 0.3) is 5.69 Å². The van der Waals surface area contributed by atoms with Crippen molar-refractivity contribution >= 4 is 23.3 Å². The normalized spacial score (nSPS) is 13.0. The molecule has 1 aliphatic carbocycles. The molecule has 0 radical (unpaired) electrons. The van der Waals surface area contributed by atoms with Crippen molar-refractivity contribution in [1.29, 1.82) is 0 Å². The van der Waals surface area contributed by atoms with Crippen molar-refractivity contribution in [3.8, 4) is 5.69 Å². The molecule has 7 nitrogen and oxygen atoms in total. The molecule has 0 aliphatic heterocycles. The summed E-state index contributed by atoms with van der Waals surface area (Å²) in [4.78, 5) is 37.4. The molecule has 7 heteroatoms.